The van der Waals surface area contributed by atoms with Crippen molar-refractivity contribution in [2.24, 2.45) is 0 Å². The summed E-state index contributed by atoms with van der Waals surface area (Å²) in [6.45, 7) is 2.29. The van der Waals surface area contributed by atoms with E-state index in [1.54, 1.807) is 19.2 Å². The number of rotatable bonds is 7. The highest BCUT2D eigenvalue weighted by Gasteiger charge is 2.40. The van der Waals surface area contributed by atoms with Crippen LogP contribution in [0.15, 0.2) is 84.6 Å². The molecule has 0 atom stereocenters. The third-order valence-corrected chi connectivity index (χ3v) is 5.30. The van der Waals surface area contributed by atoms with Gasteiger partial charge in [-0.1, -0.05) is 60.7 Å². The molecule has 0 radical (unpaired) electrons. The highest BCUT2D eigenvalue weighted by Crippen LogP contribution is 2.35. The smallest absolute Gasteiger partial charge is 0.278 e. The summed E-state index contributed by atoms with van der Waals surface area (Å²) in [5, 5.41) is 3.20. The second-order valence-corrected chi connectivity index (χ2v) is 7.44. The molecule has 0 unspecified atom stereocenters. The van der Waals surface area contributed by atoms with E-state index in [0.29, 0.717) is 29.9 Å². The van der Waals surface area contributed by atoms with Gasteiger partial charge < -0.3 is 10.1 Å². The first-order chi connectivity index (χ1) is 15.1. The number of hydrogen-bond acceptors (Lipinski definition) is 4. The molecule has 0 aromatic heterocycles. The lowest BCUT2D eigenvalue weighted by Gasteiger charge is -2.15. The number of carbonyl (C=O) groups excluding carboxylic acids is 2. The van der Waals surface area contributed by atoms with Crippen molar-refractivity contribution in [3.8, 4) is 5.75 Å². The summed E-state index contributed by atoms with van der Waals surface area (Å²) in [6, 6.07) is 24.8. The van der Waals surface area contributed by atoms with Crippen LogP contribution >= 0.6 is 0 Å². The van der Waals surface area contributed by atoms with Crippen molar-refractivity contribution in [2.45, 2.75) is 13.3 Å². The molecule has 2 amide bonds. The fourth-order valence-corrected chi connectivity index (χ4v) is 3.75. The van der Waals surface area contributed by atoms with Crippen LogP contribution in [-0.4, -0.2) is 30.4 Å². The molecular formula is C26H24N2O3. The fourth-order valence-electron chi connectivity index (χ4n) is 3.75. The molecule has 3 aromatic carbocycles. The lowest BCUT2D eigenvalue weighted by molar-refractivity contribution is -0.136. The van der Waals surface area contributed by atoms with Gasteiger partial charge in [-0.3, -0.25) is 14.5 Å². The lowest BCUT2D eigenvalue weighted by atomic mass is 10.0. The van der Waals surface area contributed by atoms with Gasteiger partial charge in [0.1, 0.15) is 11.4 Å². The molecule has 1 aliphatic rings. The minimum atomic E-state index is -0.330. The second kappa shape index (κ2) is 8.88. The Balaban J connectivity index is 1.72. The maximum atomic E-state index is 13.4. The first-order valence-electron chi connectivity index (χ1n) is 10.2. The number of para-hydroxylation sites is 1. The predicted molar refractivity (Wildman–Crippen MR) is 122 cm³/mol. The Bertz CT molecular complexity index is 1150. The molecule has 0 spiro atoms. The van der Waals surface area contributed by atoms with Crippen molar-refractivity contribution < 1.29 is 14.3 Å². The van der Waals surface area contributed by atoms with Gasteiger partial charge in [0.05, 0.1) is 12.7 Å². The Labute approximate surface area is 182 Å². The molecule has 0 saturated heterocycles. The van der Waals surface area contributed by atoms with Gasteiger partial charge in [0.2, 0.25) is 0 Å². The van der Waals surface area contributed by atoms with Gasteiger partial charge in [-0.05, 0) is 42.7 Å². The first kappa shape index (κ1) is 20.4. The third kappa shape index (κ3) is 4.21. The Morgan fingerprint density at radius 3 is 2.35 bits per heavy atom. The highest BCUT2D eigenvalue weighted by atomic mass is 16.5. The summed E-state index contributed by atoms with van der Waals surface area (Å²) in [5.74, 6) is -0.101. The molecule has 0 aliphatic carbocycles. The molecule has 4 rings (SSSR count). The van der Waals surface area contributed by atoms with Crippen molar-refractivity contribution in [3.63, 3.8) is 0 Å². The molecule has 31 heavy (non-hydrogen) atoms. The van der Waals surface area contributed by atoms with E-state index >= 15 is 0 Å². The number of hydrogen-bond donors (Lipinski definition) is 1. The number of benzene rings is 3. The van der Waals surface area contributed by atoms with E-state index in [9.17, 15) is 9.59 Å². The topological polar surface area (TPSA) is 58.6 Å². The van der Waals surface area contributed by atoms with E-state index in [-0.39, 0.29) is 17.5 Å². The van der Waals surface area contributed by atoms with Crippen molar-refractivity contribution in [1.82, 2.24) is 4.90 Å². The minimum Gasteiger partial charge on any atom is -0.496 e. The zero-order valence-corrected chi connectivity index (χ0v) is 17.6. The van der Waals surface area contributed by atoms with E-state index in [1.165, 1.54) is 4.90 Å². The van der Waals surface area contributed by atoms with Crippen LogP contribution in [0, 0.1) is 6.92 Å². The molecule has 156 valence electrons. The molecule has 0 saturated carbocycles. The Hall–Kier alpha value is -3.86. The summed E-state index contributed by atoms with van der Waals surface area (Å²) in [7, 11) is 1.56. The van der Waals surface area contributed by atoms with Gasteiger partial charge in [-0.15, -0.1) is 0 Å². The lowest BCUT2D eigenvalue weighted by Crippen LogP contribution is -2.34. The average Bonchev–Trinajstić information content (AvgIpc) is 3.02. The zero-order valence-electron chi connectivity index (χ0n) is 17.6. The molecule has 0 bridgehead atoms. The van der Waals surface area contributed by atoms with Gasteiger partial charge >= 0.3 is 0 Å². The van der Waals surface area contributed by atoms with Gasteiger partial charge in [-0.2, -0.15) is 0 Å². The standard InChI is InChI=1S/C26H24N2O3/c1-18-9-8-12-20(17-18)27-24-23(21-13-6-7-14-22(21)31-2)25(29)28(26(24)30)16-15-19-10-4-3-5-11-19/h3-14,17,27H,15-16H2,1-2H3. The number of methoxy groups -OCH3 is 1. The van der Waals surface area contributed by atoms with Gasteiger partial charge in [-0.25, -0.2) is 0 Å². The molecule has 1 aliphatic heterocycles. The Kier molecular flexibility index (Phi) is 5.85. The molecular weight excluding hydrogens is 388 g/mol. The van der Waals surface area contributed by atoms with E-state index in [4.69, 9.17) is 4.74 Å². The second-order valence-electron chi connectivity index (χ2n) is 7.44. The number of carbonyl (C=O) groups is 2. The summed E-state index contributed by atoms with van der Waals surface area (Å²) in [6.07, 6.45) is 0.593. The molecule has 0 fully saturated rings. The number of anilines is 1. The van der Waals surface area contributed by atoms with Crippen LogP contribution in [0.2, 0.25) is 0 Å². The van der Waals surface area contributed by atoms with Crippen molar-refractivity contribution in [1.29, 1.82) is 0 Å². The van der Waals surface area contributed by atoms with E-state index in [1.807, 2.05) is 73.7 Å². The van der Waals surface area contributed by atoms with E-state index in [0.717, 1.165) is 16.8 Å². The van der Waals surface area contributed by atoms with Crippen LogP contribution in [0.25, 0.3) is 5.57 Å². The monoisotopic (exact) mass is 412 g/mol. The normalized spacial score (nSPS) is 13.7. The zero-order chi connectivity index (χ0) is 21.8. The SMILES string of the molecule is COc1ccccc1C1=C(Nc2cccc(C)c2)C(=O)N(CCc2ccccc2)C1=O. The largest absolute Gasteiger partial charge is 0.496 e. The maximum absolute atomic E-state index is 13.4. The quantitative estimate of drug-likeness (QED) is 0.583. The highest BCUT2D eigenvalue weighted by molar-refractivity contribution is 6.37. The molecule has 5 heteroatoms. The van der Waals surface area contributed by atoms with Crippen LogP contribution < -0.4 is 10.1 Å². The molecule has 1 heterocycles. The summed E-state index contributed by atoms with van der Waals surface area (Å²) >= 11 is 0. The Morgan fingerprint density at radius 2 is 1.61 bits per heavy atom. The van der Waals surface area contributed by atoms with Crippen LogP contribution in [0.1, 0.15) is 16.7 Å². The predicted octanol–water partition coefficient (Wildman–Crippen LogP) is 4.44. The number of imide groups is 1. The molecule has 3 aromatic rings. The number of nitrogens with zero attached hydrogens (tertiary/aromatic N) is 1. The number of aryl methyl sites for hydroxylation is 1. The van der Waals surface area contributed by atoms with Gasteiger partial charge in [0.25, 0.3) is 11.8 Å². The van der Waals surface area contributed by atoms with Crippen molar-refractivity contribution >= 4 is 23.1 Å². The average molecular weight is 412 g/mol. The van der Waals surface area contributed by atoms with Crippen LogP contribution in [0.3, 0.4) is 0 Å². The maximum Gasteiger partial charge on any atom is 0.278 e. The Morgan fingerprint density at radius 1 is 0.871 bits per heavy atom. The van der Waals surface area contributed by atoms with Crippen LogP contribution in [0.4, 0.5) is 5.69 Å². The molecule has 1 N–H and O–H groups in total. The summed E-state index contributed by atoms with van der Waals surface area (Å²) in [4.78, 5) is 28.1. The fraction of sp³-hybridized carbons (Fsp3) is 0.154. The van der Waals surface area contributed by atoms with Gasteiger partial charge in [0.15, 0.2) is 0 Å². The van der Waals surface area contributed by atoms with E-state index in [2.05, 4.69) is 5.32 Å². The van der Waals surface area contributed by atoms with Gasteiger partial charge in [0, 0.05) is 17.8 Å². The summed E-state index contributed by atoms with van der Waals surface area (Å²) in [5.41, 5.74) is 4.09. The number of amides is 2. The number of ether oxygens (including phenoxy) is 1. The first-order valence-corrected chi connectivity index (χ1v) is 10.2. The molecule has 5 nitrogen and oxygen atoms in total. The van der Waals surface area contributed by atoms with Crippen LogP contribution in [-0.2, 0) is 16.0 Å². The van der Waals surface area contributed by atoms with Crippen LogP contribution in [0.5, 0.6) is 5.75 Å². The van der Waals surface area contributed by atoms with Crippen molar-refractivity contribution in [2.75, 3.05) is 19.0 Å². The third-order valence-electron chi connectivity index (χ3n) is 5.30. The number of nitrogens with one attached hydrogen (secondary N) is 1. The minimum absolute atomic E-state index is 0.271. The van der Waals surface area contributed by atoms with Crippen molar-refractivity contribution in [3.05, 3.63) is 101 Å². The van der Waals surface area contributed by atoms with E-state index < -0.39 is 0 Å². The summed E-state index contributed by atoms with van der Waals surface area (Å²) < 4.78 is 5.48.